The minimum absolute atomic E-state index is 0.0588. The molecule has 0 spiro atoms. The van der Waals surface area contributed by atoms with Gasteiger partial charge in [0.1, 0.15) is 12.6 Å². The number of esters is 1. The number of benzene rings is 1. The van der Waals surface area contributed by atoms with Crippen LogP contribution in [0.3, 0.4) is 0 Å². The Labute approximate surface area is 125 Å². The Morgan fingerprint density at radius 3 is 2.38 bits per heavy atom. The molecule has 0 aromatic heterocycles. The number of rotatable bonds is 7. The van der Waals surface area contributed by atoms with Crippen molar-refractivity contribution >= 4 is 11.9 Å². The minimum atomic E-state index is -0.706. The van der Waals surface area contributed by atoms with Crippen LogP contribution in [0, 0.1) is 13.8 Å². The van der Waals surface area contributed by atoms with Crippen LogP contribution < -0.4 is 5.32 Å². The van der Waals surface area contributed by atoms with E-state index in [1.807, 2.05) is 39.0 Å². The summed E-state index contributed by atoms with van der Waals surface area (Å²) in [4.78, 5) is 23.6. The monoisotopic (exact) mass is 293 g/mol. The van der Waals surface area contributed by atoms with Crippen LogP contribution in [-0.4, -0.2) is 38.2 Å². The molecule has 0 aliphatic heterocycles. The van der Waals surface area contributed by atoms with E-state index < -0.39 is 12.0 Å². The second-order valence-corrected chi connectivity index (χ2v) is 4.85. The van der Waals surface area contributed by atoms with E-state index in [-0.39, 0.29) is 12.5 Å². The molecule has 1 N–H and O–H groups in total. The van der Waals surface area contributed by atoms with Crippen LogP contribution in [0.25, 0.3) is 0 Å². The second-order valence-electron chi connectivity index (χ2n) is 4.85. The van der Waals surface area contributed by atoms with Gasteiger partial charge in [-0.2, -0.15) is 0 Å². The lowest BCUT2D eigenvalue weighted by atomic mass is 9.96. The lowest BCUT2D eigenvalue weighted by Gasteiger charge is -2.19. The molecule has 1 aromatic carbocycles. The van der Waals surface area contributed by atoms with E-state index in [4.69, 9.17) is 9.47 Å². The van der Waals surface area contributed by atoms with Crippen molar-refractivity contribution < 1.29 is 19.1 Å². The van der Waals surface area contributed by atoms with E-state index in [0.29, 0.717) is 13.0 Å². The predicted octanol–water partition coefficient (Wildman–Crippen LogP) is 1.54. The molecule has 21 heavy (non-hydrogen) atoms. The summed E-state index contributed by atoms with van der Waals surface area (Å²) in [5.41, 5.74) is 3.22. The van der Waals surface area contributed by atoms with Gasteiger partial charge in [-0.1, -0.05) is 18.2 Å². The van der Waals surface area contributed by atoms with Crippen molar-refractivity contribution in [1.29, 1.82) is 0 Å². The van der Waals surface area contributed by atoms with Crippen LogP contribution in [0.4, 0.5) is 0 Å². The van der Waals surface area contributed by atoms with Crippen LogP contribution in [-0.2, 0) is 25.5 Å². The molecular weight excluding hydrogens is 270 g/mol. The van der Waals surface area contributed by atoms with Crippen molar-refractivity contribution in [1.82, 2.24) is 5.32 Å². The molecule has 1 rings (SSSR count). The highest BCUT2D eigenvalue weighted by atomic mass is 16.5. The zero-order chi connectivity index (χ0) is 15.8. The fourth-order valence-corrected chi connectivity index (χ4v) is 2.14. The maximum Gasteiger partial charge on any atom is 0.328 e. The summed E-state index contributed by atoms with van der Waals surface area (Å²) in [6, 6.07) is 5.23. The van der Waals surface area contributed by atoms with Gasteiger partial charge in [-0.3, -0.25) is 4.79 Å². The number of carbonyl (C=O) groups is 2. The fraction of sp³-hybridized carbons (Fsp3) is 0.500. The molecule has 0 aliphatic rings. The van der Waals surface area contributed by atoms with Crippen molar-refractivity contribution in [3.05, 3.63) is 34.9 Å². The van der Waals surface area contributed by atoms with Crippen LogP contribution in [0.5, 0.6) is 0 Å². The number of nitrogens with one attached hydrogen (secondary N) is 1. The first kappa shape index (κ1) is 17.2. The summed E-state index contributed by atoms with van der Waals surface area (Å²) in [5.74, 6) is -0.777. The summed E-state index contributed by atoms with van der Waals surface area (Å²) >= 11 is 0. The van der Waals surface area contributed by atoms with Crippen LogP contribution in [0.15, 0.2) is 18.2 Å². The van der Waals surface area contributed by atoms with Gasteiger partial charge in [0.2, 0.25) is 5.91 Å². The van der Waals surface area contributed by atoms with Gasteiger partial charge in [0, 0.05) is 13.0 Å². The minimum Gasteiger partial charge on any atom is -0.467 e. The van der Waals surface area contributed by atoms with Gasteiger partial charge in [-0.15, -0.1) is 0 Å². The third-order valence-corrected chi connectivity index (χ3v) is 3.31. The smallest absolute Gasteiger partial charge is 0.328 e. The standard InChI is InChI=1S/C16H23NO4/c1-5-21-10-15(18)17-14(16(19)20-4)9-13-11(2)7-6-8-12(13)3/h6-8,14H,5,9-10H2,1-4H3,(H,17,18)/t14-/m0/s1. The Balaban J connectivity index is 2.84. The van der Waals surface area contributed by atoms with Crippen molar-refractivity contribution in [3.8, 4) is 0 Å². The topological polar surface area (TPSA) is 64.6 Å². The van der Waals surface area contributed by atoms with E-state index in [9.17, 15) is 9.59 Å². The van der Waals surface area contributed by atoms with Crippen LogP contribution >= 0.6 is 0 Å². The van der Waals surface area contributed by atoms with E-state index >= 15 is 0 Å². The maximum atomic E-state index is 11.9. The molecule has 0 aliphatic carbocycles. The number of hydrogen-bond acceptors (Lipinski definition) is 4. The van der Waals surface area contributed by atoms with Gasteiger partial charge in [-0.25, -0.2) is 4.79 Å². The number of ether oxygens (including phenoxy) is 2. The van der Waals surface area contributed by atoms with E-state index in [1.165, 1.54) is 7.11 Å². The summed E-state index contributed by atoms with van der Waals surface area (Å²) in [6.07, 6.45) is 0.406. The van der Waals surface area contributed by atoms with Gasteiger partial charge in [0.25, 0.3) is 0 Å². The zero-order valence-corrected chi connectivity index (χ0v) is 13.1. The van der Waals surface area contributed by atoms with Gasteiger partial charge >= 0.3 is 5.97 Å². The van der Waals surface area contributed by atoms with Crippen molar-refractivity contribution in [2.75, 3.05) is 20.3 Å². The normalized spacial score (nSPS) is 11.8. The first-order chi connectivity index (χ1) is 9.99. The van der Waals surface area contributed by atoms with Crippen LogP contribution in [0.1, 0.15) is 23.6 Å². The quantitative estimate of drug-likeness (QED) is 0.775. The SMILES string of the molecule is CCOCC(=O)N[C@@H](Cc1c(C)cccc1C)C(=O)OC. The average molecular weight is 293 g/mol. The third kappa shape index (κ3) is 5.19. The van der Waals surface area contributed by atoms with Gasteiger partial charge in [-0.05, 0) is 37.5 Å². The number of amides is 1. The molecule has 0 unspecified atom stereocenters. The summed E-state index contributed by atoms with van der Waals surface area (Å²) in [7, 11) is 1.31. The molecule has 0 saturated heterocycles. The molecule has 0 heterocycles. The lowest BCUT2D eigenvalue weighted by Crippen LogP contribution is -2.44. The number of hydrogen-bond donors (Lipinski definition) is 1. The maximum absolute atomic E-state index is 11.9. The highest BCUT2D eigenvalue weighted by molar-refractivity contribution is 5.85. The van der Waals surface area contributed by atoms with Crippen molar-refractivity contribution in [2.45, 2.75) is 33.2 Å². The predicted molar refractivity (Wildman–Crippen MR) is 80.1 cm³/mol. The van der Waals surface area contributed by atoms with Gasteiger partial charge in [0.15, 0.2) is 0 Å². The van der Waals surface area contributed by atoms with Crippen molar-refractivity contribution in [2.24, 2.45) is 0 Å². The van der Waals surface area contributed by atoms with Crippen molar-refractivity contribution in [3.63, 3.8) is 0 Å². The van der Waals surface area contributed by atoms with E-state index in [2.05, 4.69) is 5.32 Å². The summed E-state index contributed by atoms with van der Waals surface area (Å²) in [5, 5.41) is 2.67. The largest absolute Gasteiger partial charge is 0.467 e. The Kier molecular flexibility index (Phi) is 6.88. The van der Waals surface area contributed by atoms with E-state index in [0.717, 1.165) is 16.7 Å². The Morgan fingerprint density at radius 1 is 1.24 bits per heavy atom. The molecule has 0 saturated carbocycles. The fourth-order valence-electron chi connectivity index (χ4n) is 2.14. The molecule has 5 nitrogen and oxygen atoms in total. The number of aryl methyl sites for hydroxylation is 2. The van der Waals surface area contributed by atoms with Crippen LogP contribution in [0.2, 0.25) is 0 Å². The molecule has 1 amide bonds. The molecular formula is C16H23NO4. The first-order valence-electron chi connectivity index (χ1n) is 6.99. The average Bonchev–Trinajstić information content (AvgIpc) is 2.47. The second kappa shape index (κ2) is 8.42. The molecule has 1 aromatic rings. The third-order valence-electron chi connectivity index (χ3n) is 3.31. The highest BCUT2D eigenvalue weighted by Crippen LogP contribution is 2.16. The van der Waals surface area contributed by atoms with Gasteiger partial charge in [0.05, 0.1) is 7.11 Å². The molecule has 0 fully saturated rings. The number of methoxy groups -OCH3 is 1. The lowest BCUT2D eigenvalue weighted by molar-refractivity contribution is -0.145. The summed E-state index contributed by atoms with van der Waals surface area (Å²) in [6.45, 7) is 6.17. The molecule has 1 atom stereocenters. The zero-order valence-electron chi connectivity index (χ0n) is 13.1. The number of carbonyl (C=O) groups excluding carboxylic acids is 2. The van der Waals surface area contributed by atoms with E-state index in [1.54, 1.807) is 0 Å². The first-order valence-corrected chi connectivity index (χ1v) is 6.99. The Morgan fingerprint density at radius 2 is 1.86 bits per heavy atom. The van der Waals surface area contributed by atoms with Gasteiger partial charge < -0.3 is 14.8 Å². The molecule has 0 bridgehead atoms. The summed E-state index contributed by atoms with van der Waals surface area (Å²) < 4.78 is 9.82. The molecule has 0 radical (unpaired) electrons. The highest BCUT2D eigenvalue weighted by Gasteiger charge is 2.23. The molecule has 116 valence electrons. The Hall–Kier alpha value is -1.88. The molecule has 5 heteroatoms. The Bertz CT molecular complexity index is 479.